The largest absolute Gasteiger partial charge is 0.369 e. The molecular weight excluding hydrogens is 266 g/mol. The SMILES string of the molecule is O=[N+]([O-])c1ccc(C2C=C(c3ccccc3)CCO2)cc1. The van der Waals surface area contributed by atoms with E-state index in [1.807, 2.05) is 18.2 Å². The highest BCUT2D eigenvalue weighted by atomic mass is 16.6. The van der Waals surface area contributed by atoms with Crippen molar-refractivity contribution in [3.05, 3.63) is 81.9 Å². The van der Waals surface area contributed by atoms with Crippen LogP contribution in [0.15, 0.2) is 60.7 Å². The van der Waals surface area contributed by atoms with Gasteiger partial charge >= 0.3 is 0 Å². The number of nitro groups is 1. The van der Waals surface area contributed by atoms with Crippen LogP contribution >= 0.6 is 0 Å². The van der Waals surface area contributed by atoms with Crippen LogP contribution in [-0.4, -0.2) is 11.5 Å². The van der Waals surface area contributed by atoms with Crippen LogP contribution in [0.5, 0.6) is 0 Å². The minimum atomic E-state index is -0.392. The number of hydrogen-bond donors (Lipinski definition) is 0. The average molecular weight is 281 g/mol. The van der Waals surface area contributed by atoms with Crippen LogP contribution in [0.3, 0.4) is 0 Å². The first kappa shape index (κ1) is 13.5. The zero-order valence-electron chi connectivity index (χ0n) is 11.4. The standard InChI is InChI=1S/C17H15NO3/c19-18(20)16-8-6-14(7-9-16)17-12-15(10-11-21-17)13-4-2-1-3-5-13/h1-9,12,17H,10-11H2. The maximum absolute atomic E-state index is 10.7. The Morgan fingerprint density at radius 3 is 2.43 bits per heavy atom. The van der Waals surface area contributed by atoms with Crippen molar-refractivity contribution in [2.75, 3.05) is 6.61 Å². The molecule has 0 aromatic heterocycles. The van der Waals surface area contributed by atoms with Crippen molar-refractivity contribution in [3.8, 4) is 0 Å². The molecule has 1 atom stereocenters. The highest BCUT2D eigenvalue weighted by Crippen LogP contribution is 2.31. The van der Waals surface area contributed by atoms with E-state index in [0.29, 0.717) is 6.61 Å². The van der Waals surface area contributed by atoms with Crippen molar-refractivity contribution < 1.29 is 9.66 Å². The maximum Gasteiger partial charge on any atom is 0.269 e. The number of hydrogen-bond acceptors (Lipinski definition) is 3. The average Bonchev–Trinajstić information content (AvgIpc) is 2.56. The first-order valence-corrected chi connectivity index (χ1v) is 6.86. The third-order valence-electron chi connectivity index (χ3n) is 3.60. The van der Waals surface area contributed by atoms with E-state index in [9.17, 15) is 10.1 Å². The van der Waals surface area contributed by atoms with Gasteiger partial charge in [0.1, 0.15) is 6.10 Å². The lowest BCUT2D eigenvalue weighted by Crippen LogP contribution is -2.10. The van der Waals surface area contributed by atoms with Gasteiger partial charge in [0.25, 0.3) is 5.69 Å². The fourth-order valence-corrected chi connectivity index (χ4v) is 2.48. The van der Waals surface area contributed by atoms with E-state index in [0.717, 1.165) is 12.0 Å². The minimum Gasteiger partial charge on any atom is -0.369 e. The summed E-state index contributed by atoms with van der Waals surface area (Å²) in [7, 11) is 0. The molecule has 0 amide bonds. The fourth-order valence-electron chi connectivity index (χ4n) is 2.48. The molecule has 0 bridgehead atoms. The van der Waals surface area contributed by atoms with Gasteiger partial charge in [-0.3, -0.25) is 10.1 Å². The molecule has 0 spiro atoms. The number of benzene rings is 2. The van der Waals surface area contributed by atoms with Gasteiger partial charge in [0.15, 0.2) is 0 Å². The number of nitro benzene ring substituents is 1. The number of nitrogens with zero attached hydrogens (tertiary/aromatic N) is 1. The van der Waals surface area contributed by atoms with Gasteiger partial charge in [0.2, 0.25) is 0 Å². The normalized spacial score (nSPS) is 18.1. The molecule has 0 fully saturated rings. The molecule has 4 heteroatoms. The Kier molecular flexibility index (Phi) is 3.79. The Morgan fingerprint density at radius 1 is 1.05 bits per heavy atom. The summed E-state index contributed by atoms with van der Waals surface area (Å²) in [5, 5.41) is 10.7. The number of ether oxygens (including phenoxy) is 1. The third-order valence-corrected chi connectivity index (χ3v) is 3.60. The highest BCUT2D eigenvalue weighted by molar-refractivity contribution is 5.67. The van der Waals surface area contributed by atoms with Crippen LogP contribution in [-0.2, 0) is 4.74 Å². The van der Waals surface area contributed by atoms with Gasteiger partial charge in [0.05, 0.1) is 11.5 Å². The smallest absolute Gasteiger partial charge is 0.269 e. The molecule has 0 N–H and O–H groups in total. The van der Waals surface area contributed by atoms with Crippen LogP contribution in [0.1, 0.15) is 23.7 Å². The fraction of sp³-hybridized carbons (Fsp3) is 0.176. The van der Waals surface area contributed by atoms with Crippen molar-refractivity contribution in [2.24, 2.45) is 0 Å². The van der Waals surface area contributed by atoms with Gasteiger partial charge in [0, 0.05) is 12.1 Å². The van der Waals surface area contributed by atoms with E-state index in [1.54, 1.807) is 12.1 Å². The summed E-state index contributed by atoms with van der Waals surface area (Å²) in [5.41, 5.74) is 3.49. The van der Waals surface area contributed by atoms with Crippen LogP contribution in [0, 0.1) is 10.1 Å². The van der Waals surface area contributed by atoms with Crippen molar-refractivity contribution in [2.45, 2.75) is 12.5 Å². The van der Waals surface area contributed by atoms with Crippen LogP contribution < -0.4 is 0 Å². The van der Waals surface area contributed by atoms with E-state index >= 15 is 0 Å². The molecular formula is C17H15NO3. The van der Waals surface area contributed by atoms with E-state index < -0.39 is 4.92 Å². The molecule has 2 aromatic rings. The van der Waals surface area contributed by atoms with E-state index in [-0.39, 0.29) is 11.8 Å². The van der Waals surface area contributed by atoms with E-state index in [4.69, 9.17) is 4.74 Å². The summed E-state index contributed by atoms with van der Waals surface area (Å²) in [6.45, 7) is 0.655. The predicted molar refractivity (Wildman–Crippen MR) is 80.8 cm³/mol. The Bertz CT molecular complexity index is 662. The second kappa shape index (κ2) is 5.89. The van der Waals surface area contributed by atoms with Crippen LogP contribution in [0.4, 0.5) is 5.69 Å². The second-order valence-corrected chi connectivity index (χ2v) is 4.95. The Hall–Kier alpha value is -2.46. The van der Waals surface area contributed by atoms with Gasteiger partial charge in [-0.15, -0.1) is 0 Å². The molecule has 0 aliphatic carbocycles. The Balaban J connectivity index is 1.87. The highest BCUT2D eigenvalue weighted by Gasteiger charge is 2.17. The molecule has 1 unspecified atom stereocenters. The van der Waals surface area contributed by atoms with Gasteiger partial charge in [-0.2, -0.15) is 0 Å². The summed E-state index contributed by atoms with van der Waals surface area (Å²) in [6.07, 6.45) is 2.84. The van der Waals surface area contributed by atoms with Gasteiger partial charge < -0.3 is 4.74 Å². The minimum absolute atomic E-state index is 0.0989. The lowest BCUT2D eigenvalue weighted by molar-refractivity contribution is -0.384. The lowest BCUT2D eigenvalue weighted by Gasteiger charge is -2.22. The molecule has 21 heavy (non-hydrogen) atoms. The first-order chi connectivity index (χ1) is 10.2. The summed E-state index contributed by atoms with van der Waals surface area (Å²) in [4.78, 5) is 10.3. The monoisotopic (exact) mass is 281 g/mol. The Labute approximate surface area is 122 Å². The molecule has 1 aliphatic rings. The zero-order valence-corrected chi connectivity index (χ0v) is 11.4. The molecule has 2 aromatic carbocycles. The zero-order chi connectivity index (χ0) is 14.7. The summed E-state index contributed by atoms with van der Waals surface area (Å²) in [6, 6.07) is 16.8. The van der Waals surface area contributed by atoms with Crippen LogP contribution in [0.2, 0.25) is 0 Å². The van der Waals surface area contributed by atoms with Crippen molar-refractivity contribution in [1.82, 2.24) is 0 Å². The maximum atomic E-state index is 10.7. The molecule has 0 radical (unpaired) electrons. The first-order valence-electron chi connectivity index (χ1n) is 6.86. The molecule has 106 valence electrons. The molecule has 0 saturated heterocycles. The quantitative estimate of drug-likeness (QED) is 0.627. The lowest BCUT2D eigenvalue weighted by atomic mass is 9.96. The van der Waals surface area contributed by atoms with Gasteiger partial charge in [-0.05, 0) is 41.3 Å². The van der Waals surface area contributed by atoms with Gasteiger partial charge in [-0.1, -0.05) is 30.3 Å². The summed E-state index contributed by atoms with van der Waals surface area (Å²) < 4.78 is 5.77. The summed E-state index contributed by atoms with van der Waals surface area (Å²) in [5.74, 6) is 0. The molecule has 1 heterocycles. The number of rotatable bonds is 3. The van der Waals surface area contributed by atoms with Crippen LogP contribution in [0.25, 0.3) is 5.57 Å². The molecule has 0 saturated carbocycles. The third kappa shape index (κ3) is 3.01. The van der Waals surface area contributed by atoms with Crippen molar-refractivity contribution in [3.63, 3.8) is 0 Å². The van der Waals surface area contributed by atoms with Gasteiger partial charge in [-0.25, -0.2) is 0 Å². The van der Waals surface area contributed by atoms with E-state index in [1.165, 1.54) is 23.3 Å². The number of non-ortho nitro benzene ring substituents is 1. The summed E-state index contributed by atoms with van der Waals surface area (Å²) >= 11 is 0. The molecule has 4 nitrogen and oxygen atoms in total. The second-order valence-electron chi connectivity index (χ2n) is 4.95. The topological polar surface area (TPSA) is 52.4 Å². The van der Waals surface area contributed by atoms with E-state index in [2.05, 4.69) is 18.2 Å². The van der Waals surface area contributed by atoms with Crippen molar-refractivity contribution >= 4 is 11.3 Å². The van der Waals surface area contributed by atoms with Crippen molar-refractivity contribution in [1.29, 1.82) is 0 Å². The molecule has 3 rings (SSSR count). The Morgan fingerprint density at radius 2 is 1.76 bits per heavy atom. The predicted octanol–water partition coefficient (Wildman–Crippen LogP) is 4.14. The molecule has 1 aliphatic heterocycles.